The number of halogens is 3. The summed E-state index contributed by atoms with van der Waals surface area (Å²) in [4.78, 5) is 36.6. The fourth-order valence-corrected chi connectivity index (χ4v) is 4.25. The van der Waals surface area contributed by atoms with Crippen LogP contribution in [0, 0.1) is 5.41 Å². The Morgan fingerprint density at radius 2 is 1.43 bits per heavy atom. The molecule has 30 heavy (non-hydrogen) atoms. The number of alkyl halides is 3. The number of hydrogen-bond acceptors (Lipinski definition) is 5. The van der Waals surface area contributed by atoms with Crippen molar-refractivity contribution in [2.45, 2.75) is 38.3 Å². The first-order valence-electron chi connectivity index (χ1n) is 10.1. The van der Waals surface area contributed by atoms with Crippen LogP contribution in [0.15, 0.2) is 18.5 Å². The number of rotatable bonds is 1. The minimum atomic E-state index is -5.08. The minimum Gasteiger partial charge on any atom is -0.475 e. The van der Waals surface area contributed by atoms with E-state index in [9.17, 15) is 18.0 Å². The Bertz CT molecular complexity index is 733. The molecule has 3 aliphatic heterocycles. The number of urea groups is 1. The van der Waals surface area contributed by atoms with Crippen molar-refractivity contribution < 1.29 is 27.9 Å². The number of piperidine rings is 1. The van der Waals surface area contributed by atoms with Crippen molar-refractivity contribution in [3.05, 3.63) is 18.5 Å². The molecular formula is C19H26F3N5O3. The zero-order chi connectivity index (χ0) is 21.8. The van der Waals surface area contributed by atoms with Crippen LogP contribution in [0.1, 0.15) is 32.1 Å². The van der Waals surface area contributed by atoms with Crippen LogP contribution in [-0.4, -0.2) is 82.3 Å². The first-order chi connectivity index (χ1) is 14.2. The average molecular weight is 429 g/mol. The van der Waals surface area contributed by atoms with Crippen molar-refractivity contribution in [3.8, 4) is 0 Å². The summed E-state index contributed by atoms with van der Waals surface area (Å²) < 4.78 is 31.7. The number of amides is 2. The lowest BCUT2D eigenvalue weighted by atomic mass is 9.78. The summed E-state index contributed by atoms with van der Waals surface area (Å²) in [6.07, 6.45) is 4.27. The smallest absolute Gasteiger partial charge is 0.475 e. The maximum Gasteiger partial charge on any atom is 0.490 e. The van der Waals surface area contributed by atoms with E-state index < -0.39 is 12.1 Å². The lowest BCUT2D eigenvalue weighted by Crippen LogP contribution is -2.48. The Hall–Kier alpha value is -2.59. The molecule has 3 saturated heterocycles. The van der Waals surface area contributed by atoms with Gasteiger partial charge in [-0.05, 0) is 43.6 Å². The molecule has 3 aliphatic rings. The van der Waals surface area contributed by atoms with Gasteiger partial charge in [0, 0.05) is 51.7 Å². The summed E-state index contributed by atoms with van der Waals surface area (Å²) in [5.41, 5.74) is 0.348. The lowest BCUT2D eigenvalue weighted by Gasteiger charge is -2.40. The SMILES string of the molecule is O=C(N1CCCC1)N1CCC2(CC1)CCN(c1ncccn1)C2.O=C(O)C(F)(F)F. The van der Waals surface area contributed by atoms with Crippen LogP contribution in [0.5, 0.6) is 0 Å². The van der Waals surface area contributed by atoms with Gasteiger partial charge < -0.3 is 19.8 Å². The number of carboxylic acids is 1. The normalized spacial score (nSPS) is 20.8. The molecule has 166 valence electrons. The standard InChI is InChI=1S/C17H25N5O.C2HF3O2/c23-16(20-9-1-2-10-20)21-11-4-17(5-12-21)6-13-22(14-17)15-18-7-3-8-19-15;3-2(4,5)1(6)7/h3,7-8H,1-2,4-6,9-14H2;(H,6,7). The van der Waals surface area contributed by atoms with E-state index in [2.05, 4.69) is 19.8 Å². The highest BCUT2D eigenvalue weighted by atomic mass is 19.4. The van der Waals surface area contributed by atoms with Gasteiger partial charge in [0.1, 0.15) is 0 Å². The van der Waals surface area contributed by atoms with Crippen molar-refractivity contribution in [1.29, 1.82) is 0 Å². The summed E-state index contributed by atoms with van der Waals surface area (Å²) in [5, 5.41) is 7.12. The number of anilines is 1. The van der Waals surface area contributed by atoms with Crippen molar-refractivity contribution in [1.82, 2.24) is 19.8 Å². The highest BCUT2D eigenvalue weighted by molar-refractivity contribution is 5.75. The molecule has 3 fully saturated rings. The molecule has 8 nitrogen and oxygen atoms in total. The molecular weight excluding hydrogens is 403 g/mol. The van der Waals surface area contributed by atoms with Gasteiger partial charge in [0.15, 0.2) is 0 Å². The molecule has 4 rings (SSSR count). The quantitative estimate of drug-likeness (QED) is 0.738. The van der Waals surface area contributed by atoms with Crippen molar-refractivity contribution in [3.63, 3.8) is 0 Å². The number of nitrogens with zero attached hydrogens (tertiary/aromatic N) is 5. The zero-order valence-electron chi connectivity index (χ0n) is 16.6. The number of carboxylic acid groups (broad SMARTS) is 1. The Kier molecular flexibility index (Phi) is 6.67. The maximum atomic E-state index is 12.5. The minimum absolute atomic E-state index is 0.263. The van der Waals surface area contributed by atoms with E-state index in [-0.39, 0.29) is 6.03 Å². The van der Waals surface area contributed by atoms with Gasteiger partial charge in [-0.15, -0.1) is 0 Å². The second-order valence-electron chi connectivity index (χ2n) is 7.99. The van der Waals surface area contributed by atoms with Gasteiger partial charge in [-0.2, -0.15) is 13.2 Å². The van der Waals surface area contributed by atoms with E-state index in [1.807, 2.05) is 23.4 Å². The van der Waals surface area contributed by atoms with Crippen LogP contribution in [0.4, 0.5) is 23.9 Å². The summed E-state index contributed by atoms with van der Waals surface area (Å²) in [7, 11) is 0. The predicted octanol–water partition coefficient (Wildman–Crippen LogP) is 2.62. The predicted molar refractivity (Wildman–Crippen MR) is 102 cm³/mol. The van der Waals surface area contributed by atoms with Gasteiger partial charge >= 0.3 is 18.2 Å². The summed E-state index contributed by atoms with van der Waals surface area (Å²) in [5.74, 6) is -1.91. The van der Waals surface area contributed by atoms with Crippen LogP contribution in [0.2, 0.25) is 0 Å². The van der Waals surface area contributed by atoms with Crippen molar-refractivity contribution >= 4 is 17.9 Å². The molecule has 11 heteroatoms. The van der Waals surface area contributed by atoms with Gasteiger partial charge in [0.25, 0.3) is 0 Å². The number of hydrogen-bond donors (Lipinski definition) is 1. The third kappa shape index (κ3) is 5.31. The molecule has 1 aromatic heterocycles. The largest absolute Gasteiger partial charge is 0.490 e. The van der Waals surface area contributed by atoms with Gasteiger partial charge in [-0.3, -0.25) is 0 Å². The number of likely N-dealkylation sites (tertiary alicyclic amines) is 2. The number of aliphatic carboxylic acids is 1. The fourth-order valence-electron chi connectivity index (χ4n) is 4.25. The monoisotopic (exact) mass is 429 g/mol. The Labute approximate surface area is 172 Å². The Balaban J connectivity index is 0.000000318. The molecule has 2 amide bonds. The highest BCUT2D eigenvalue weighted by Gasteiger charge is 2.42. The topological polar surface area (TPSA) is 89.9 Å². The molecule has 0 unspecified atom stereocenters. The molecule has 1 aromatic rings. The van der Waals surface area contributed by atoms with E-state index >= 15 is 0 Å². The molecule has 4 heterocycles. The average Bonchev–Trinajstić information content (AvgIpc) is 3.39. The fraction of sp³-hybridized carbons (Fsp3) is 0.684. The number of carbonyl (C=O) groups is 2. The van der Waals surface area contributed by atoms with E-state index in [0.717, 1.165) is 70.9 Å². The third-order valence-corrected chi connectivity index (χ3v) is 5.99. The van der Waals surface area contributed by atoms with Crippen LogP contribution in [0.25, 0.3) is 0 Å². The van der Waals surface area contributed by atoms with Crippen LogP contribution in [-0.2, 0) is 4.79 Å². The Morgan fingerprint density at radius 1 is 0.933 bits per heavy atom. The molecule has 0 saturated carbocycles. The molecule has 0 aliphatic carbocycles. The Morgan fingerprint density at radius 3 is 1.97 bits per heavy atom. The summed E-state index contributed by atoms with van der Waals surface area (Å²) in [6.45, 7) is 5.75. The van der Waals surface area contributed by atoms with Crippen molar-refractivity contribution in [2.24, 2.45) is 5.41 Å². The second kappa shape index (κ2) is 9.05. The lowest BCUT2D eigenvalue weighted by molar-refractivity contribution is -0.192. The van der Waals surface area contributed by atoms with E-state index in [0.29, 0.717) is 5.41 Å². The van der Waals surface area contributed by atoms with Crippen LogP contribution in [0.3, 0.4) is 0 Å². The number of carbonyl (C=O) groups excluding carboxylic acids is 1. The summed E-state index contributed by atoms with van der Waals surface area (Å²) >= 11 is 0. The molecule has 1 spiro atoms. The maximum absolute atomic E-state index is 12.5. The molecule has 1 N–H and O–H groups in total. The highest BCUT2D eigenvalue weighted by Crippen LogP contribution is 2.41. The van der Waals surface area contributed by atoms with Gasteiger partial charge in [-0.25, -0.2) is 19.6 Å². The van der Waals surface area contributed by atoms with Crippen LogP contribution >= 0.6 is 0 Å². The third-order valence-electron chi connectivity index (χ3n) is 5.99. The van der Waals surface area contributed by atoms with Crippen LogP contribution < -0.4 is 4.90 Å². The van der Waals surface area contributed by atoms with Gasteiger partial charge in [-0.1, -0.05) is 0 Å². The van der Waals surface area contributed by atoms with Crippen molar-refractivity contribution in [2.75, 3.05) is 44.2 Å². The van der Waals surface area contributed by atoms with E-state index in [1.54, 1.807) is 0 Å². The zero-order valence-corrected chi connectivity index (χ0v) is 16.6. The second-order valence-corrected chi connectivity index (χ2v) is 7.99. The first kappa shape index (κ1) is 22.1. The first-order valence-corrected chi connectivity index (χ1v) is 10.1. The van der Waals surface area contributed by atoms with Gasteiger partial charge in [0.05, 0.1) is 0 Å². The summed E-state index contributed by atoms with van der Waals surface area (Å²) in [6, 6.07) is 2.12. The van der Waals surface area contributed by atoms with Gasteiger partial charge in [0.2, 0.25) is 5.95 Å². The molecule has 0 radical (unpaired) electrons. The molecule has 0 atom stereocenters. The van der Waals surface area contributed by atoms with E-state index in [1.165, 1.54) is 6.42 Å². The molecule has 0 bridgehead atoms. The molecule has 0 aromatic carbocycles. The van der Waals surface area contributed by atoms with E-state index in [4.69, 9.17) is 9.90 Å². The number of aromatic nitrogens is 2.